The fraction of sp³-hybridized carbons (Fsp3) is 0.333. The summed E-state index contributed by atoms with van der Waals surface area (Å²) in [6, 6.07) is 14.0. The second-order valence-electron chi connectivity index (χ2n) is 5.60. The number of aryl methyl sites for hydroxylation is 2. The maximum Gasteiger partial charge on any atom is 0.123 e. The van der Waals surface area contributed by atoms with Gasteiger partial charge in [-0.2, -0.15) is 0 Å². The van der Waals surface area contributed by atoms with Crippen molar-refractivity contribution >= 4 is 0 Å². The first-order chi connectivity index (χ1) is 9.72. The Morgan fingerprint density at radius 1 is 1.20 bits per heavy atom. The third kappa shape index (κ3) is 2.79. The molecular formula is C18H20O2. The molecule has 0 amide bonds. The van der Waals surface area contributed by atoms with Gasteiger partial charge < -0.3 is 9.84 Å². The maximum atomic E-state index is 9.61. The van der Waals surface area contributed by atoms with E-state index in [2.05, 4.69) is 24.3 Å². The smallest absolute Gasteiger partial charge is 0.123 e. The second kappa shape index (κ2) is 5.58. The SMILES string of the molecule is Cc1cc(O)cc(OCC2CCCc3ccccc32)c1. The highest BCUT2D eigenvalue weighted by atomic mass is 16.5. The Hall–Kier alpha value is -1.96. The normalized spacial score (nSPS) is 17.6. The summed E-state index contributed by atoms with van der Waals surface area (Å²) in [7, 11) is 0. The third-order valence-corrected chi connectivity index (χ3v) is 3.98. The molecule has 3 rings (SSSR count). The number of rotatable bonds is 3. The first-order valence-corrected chi connectivity index (χ1v) is 7.23. The van der Waals surface area contributed by atoms with E-state index in [0.717, 1.165) is 11.3 Å². The monoisotopic (exact) mass is 268 g/mol. The number of benzene rings is 2. The van der Waals surface area contributed by atoms with Gasteiger partial charge in [0.2, 0.25) is 0 Å². The van der Waals surface area contributed by atoms with Crippen LogP contribution in [0.3, 0.4) is 0 Å². The molecule has 0 saturated carbocycles. The van der Waals surface area contributed by atoms with E-state index in [1.165, 1.54) is 30.4 Å². The number of hydrogen-bond donors (Lipinski definition) is 1. The minimum absolute atomic E-state index is 0.268. The van der Waals surface area contributed by atoms with Crippen LogP contribution in [-0.2, 0) is 6.42 Å². The van der Waals surface area contributed by atoms with Crippen molar-refractivity contribution in [1.29, 1.82) is 0 Å². The predicted octanol–water partition coefficient (Wildman–Crippen LogP) is 4.20. The second-order valence-corrected chi connectivity index (χ2v) is 5.60. The molecule has 0 radical (unpaired) electrons. The number of ether oxygens (including phenoxy) is 1. The van der Waals surface area contributed by atoms with Crippen LogP contribution in [0.1, 0.15) is 35.4 Å². The van der Waals surface area contributed by atoms with Crippen LogP contribution in [0.2, 0.25) is 0 Å². The summed E-state index contributed by atoms with van der Waals surface area (Å²) in [5.41, 5.74) is 3.90. The quantitative estimate of drug-likeness (QED) is 0.904. The van der Waals surface area contributed by atoms with Gasteiger partial charge in [0.25, 0.3) is 0 Å². The molecule has 104 valence electrons. The van der Waals surface area contributed by atoms with Gasteiger partial charge in [-0.05, 0) is 55.0 Å². The van der Waals surface area contributed by atoms with Crippen molar-refractivity contribution in [2.75, 3.05) is 6.61 Å². The van der Waals surface area contributed by atoms with Crippen molar-refractivity contribution in [2.45, 2.75) is 32.1 Å². The fourth-order valence-corrected chi connectivity index (χ4v) is 3.04. The van der Waals surface area contributed by atoms with Crippen LogP contribution >= 0.6 is 0 Å². The van der Waals surface area contributed by atoms with Crippen LogP contribution in [0, 0.1) is 6.92 Å². The molecule has 1 aliphatic carbocycles. The largest absolute Gasteiger partial charge is 0.508 e. The molecule has 0 heterocycles. The van der Waals surface area contributed by atoms with Gasteiger partial charge in [0, 0.05) is 12.0 Å². The minimum Gasteiger partial charge on any atom is -0.508 e. The molecule has 1 atom stereocenters. The van der Waals surface area contributed by atoms with Crippen LogP contribution in [0.4, 0.5) is 0 Å². The lowest BCUT2D eigenvalue weighted by Crippen LogP contribution is -2.16. The Bertz CT molecular complexity index is 584. The van der Waals surface area contributed by atoms with Gasteiger partial charge in [-0.1, -0.05) is 24.3 Å². The summed E-state index contributed by atoms with van der Waals surface area (Å²) in [5, 5.41) is 9.61. The maximum absolute atomic E-state index is 9.61. The number of aromatic hydroxyl groups is 1. The lowest BCUT2D eigenvalue weighted by atomic mass is 9.83. The Labute approximate surface area is 120 Å². The molecule has 2 aromatic carbocycles. The van der Waals surface area contributed by atoms with Crippen LogP contribution in [0.15, 0.2) is 42.5 Å². The molecule has 2 heteroatoms. The molecule has 1 unspecified atom stereocenters. The average Bonchev–Trinajstić information content (AvgIpc) is 2.44. The molecule has 0 aromatic heterocycles. The number of phenolic OH excluding ortho intramolecular Hbond substituents is 1. The van der Waals surface area contributed by atoms with Gasteiger partial charge in [-0.15, -0.1) is 0 Å². The molecule has 20 heavy (non-hydrogen) atoms. The molecule has 0 fully saturated rings. The van der Waals surface area contributed by atoms with E-state index in [1.807, 2.05) is 13.0 Å². The fourth-order valence-electron chi connectivity index (χ4n) is 3.04. The zero-order valence-electron chi connectivity index (χ0n) is 11.8. The van der Waals surface area contributed by atoms with E-state index in [-0.39, 0.29) is 5.75 Å². The first-order valence-electron chi connectivity index (χ1n) is 7.23. The van der Waals surface area contributed by atoms with E-state index >= 15 is 0 Å². The van der Waals surface area contributed by atoms with Crippen LogP contribution < -0.4 is 4.74 Å². The van der Waals surface area contributed by atoms with Crippen molar-refractivity contribution in [2.24, 2.45) is 0 Å². The van der Waals surface area contributed by atoms with Gasteiger partial charge in [0.1, 0.15) is 11.5 Å². The Morgan fingerprint density at radius 3 is 2.90 bits per heavy atom. The van der Waals surface area contributed by atoms with E-state index in [0.29, 0.717) is 12.5 Å². The molecule has 0 spiro atoms. The molecule has 0 saturated heterocycles. The minimum atomic E-state index is 0.268. The molecule has 2 aromatic rings. The van der Waals surface area contributed by atoms with Crippen LogP contribution in [-0.4, -0.2) is 11.7 Å². The van der Waals surface area contributed by atoms with Gasteiger partial charge in [-0.25, -0.2) is 0 Å². The van der Waals surface area contributed by atoms with Gasteiger partial charge in [0.05, 0.1) is 6.61 Å². The van der Waals surface area contributed by atoms with Gasteiger partial charge >= 0.3 is 0 Å². The lowest BCUT2D eigenvalue weighted by molar-refractivity contribution is 0.273. The summed E-state index contributed by atoms with van der Waals surface area (Å²) < 4.78 is 5.90. The van der Waals surface area contributed by atoms with Crippen molar-refractivity contribution in [1.82, 2.24) is 0 Å². The Balaban J connectivity index is 1.73. The van der Waals surface area contributed by atoms with E-state index in [1.54, 1.807) is 12.1 Å². The summed E-state index contributed by atoms with van der Waals surface area (Å²) in [5.74, 6) is 1.48. The molecular weight excluding hydrogens is 248 g/mol. The zero-order chi connectivity index (χ0) is 13.9. The van der Waals surface area contributed by atoms with Crippen molar-refractivity contribution in [3.63, 3.8) is 0 Å². The molecule has 2 nitrogen and oxygen atoms in total. The van der Waals surface area contributed by atoms with Crippen LogP contribution in [0.5, 0.6) is 11.5 Å². The van der Waals surface area contributed by atoms with Crippen molar-refractivity contribution in [3.05, 3.63) is 59.2 Å². The van der Waals surface area contributed by atoms with E-state index in [4.69, 9.17) is 4.74 Å². The molecule has 0 bridgehead atoms. The van der Waals surface area contributed by atoms with Gasteiger partial charge in [0.15, 0.2) is 0 Å². The third-order valence-electron chi connectivity index (χ3n) is 3.98. The van der Waals surface area contributed by atoms with Crippen molar-refractivity contribution in [3.8, 4) is 11.5 Å². The standard InChI is InChI=1S/C18H20O2/c1-13-9-16(19)11-17(10-13)20-12-15-7-4-6-14-5-2-3-8-18(14)15/h2-3,5,8-11,15,19H,4,6-7,12H2,1H3. The number of fused-ring (bicyclic) bond motifs is 1. The molecule has 1 aliphatic rings. The highest BCUT2D eigenvalue weighted by molar-refractivity contribution is 5.37. The Morgan fingerprint density at radius 2 is 2.05 bits per heavy atom. The van der Waals surface area contributed by atoms with Crippen LogP contribution in [0.25, 0.3) is 0 Å². The number of phenols is 1. The number of hydrogen-bond acceptors (Lipinski definition) is 2. The summed E-state index contributed by atoms with van der Waals surface area (Å²) in [4.78, 5) is 0. The topological polar surface area (TPSA) is 29.5 Å². The van der Waals surface area contributed by atoms with Crippen molar-refractivity contribution < 1.29 is 9.84 Å². The Kier molecular flexibility index (Phi) is 3.64. The first kappa shape index (κ1) is 13.0. The lowest BCUT2D eigenvalue weighted by Gasteiger charge is -2.25. The van der Waals surface area contributed by atoms with Gasteiger partial charge in [-0.3, -0.25) is 0 Å². The summed E-state index contributed by atoms with van der Waals surface area (Å²) >= 11 is 0. The highest BCUT2D eigenvalue weighted by Gasteiger charge is 2.20. The summed E-state index contributed by atoms with van der Waals surface area (Å²) in [6.45, 7) is 2.64. The average molecular weight is 268 g/mol. The van der Waals surface area contributed by atoms with E-state index in [9.17, 15) is 5.11 Å². The highest BCUT2D eigenvalue weighted by Crippen LogP contribution is 2.32. The molecule has 1 N–H and O–H groups in total. The van der Waals surface area contributed by atoms with E-state index < -0.39 is 0 Å². The zero-order valence-corrected chi connectivity index (χ0v) is 11.8. The summed E-state index contributed by atoms with van der Waals surface area (Å²) in [6.07, 6.45) is 3.58. The predicted molar refractivity (Wildman–Crippen MR) is 80.5 cm³/mol. The molecule has 0 aliphatic heterocycles.